The number of rotatable bonds is 4. The molecule has 0 spiro atoms. The minimum atomic E-state index is -0.217. The van der Waals surface area contributed by atoms with E-state index < -0.39 is 0 Å². The maximum absolute atomic E-state index is 9.69. The molecule has 0 atom stereocenters. The average Bonchev–Trinajstić information content (AvgIpc) is 1.81. The van der Waals surface area contributed by atoms with Gasteiger partial charge in [0.1, 0.15) is 6.61 Å². The second kappa shape index (κ2) is 6.41. The largest absolute Gasteiger partial charge is 0.378 e. The van der Waals surface area contributed by atoms with Crippen LogP contribution in [0.4, 0.5) is 0 Å². The molecule has 0 bridgehead atoms. The van der Waals surface area contributed by atoms with Crippen molar-refractivity contribution < 1.29 is 9.84 Å². The summed E-state index contributed by atoms with van der Waals surface area (Å²) in [6.45, 7) is 0.395. The Kier molecular flexibility index (Phi) is 5.94. The van der Waals surface area contributed by atoms with Gasteiger partial charge in [0.15, 0.2) is 0 Å². The zero-order chi connectivity index (χ0) is 6.24. The minimum absolute atomic E-state index is 0.217. The van der Waals surface area contributed by atoms with Crippen molar-refractivity contribution in [3.8, 4) is 6.07 Å². The number of ether oxygens (including phenoxy) is 1. The standard InChI is InChI=1S/C5H8NO2/c6-2-1-4-8-5-3-7/h1,3-5H2. The molecule has 0 fully saturated rings. The number of nitrogens with zero attached hydrogens (tertiary/aromatic N) is 1. The molecule has 1 radical (unpaired) electrons. The van der Waals surface area contributed by atoms with Crippen LogP contribution in [0.3, 0.4) is 0 Å². The van der Waals surface area contributed by atoms with E-state index in [9.17, 15) is 5.11 Å². The Morgan fingerprint density at radius 2 is 2.25 bits per heavy atom. The first-order valence-electron chi connectivity index (χ1n) is 2.44. The Balaban J connectivity index is 2.65. The van der Waals surface area contributed by atoms with E-state index in [0.29, 0.717) is 13.0 Å². The molecule has 45 valence electrons. The summed E-state index contributed by atoms with van der Waals surface area (Å²) in [4.78, 5) is 0. The summed E-state index contributed by atoms with van der Waals surface area (Å²) >= 11 is 0. The van der Waals surface area contributed by atoms with E-state index in [-0.39, 0.29) is 13.2 Å². The highest BCUT2D eigenvalue weighted by Gasteiger charge is 1.83. The molecule has 0 aliphatic rings. The molecule has 0 unspecified atom stereocenters. The van der Waals surface area contributed by atoms with Gasteiger partial charge in [0.25, 0.3) is 0 Å². The summed E-state index contributed by atoms with van der Waals surface area (Å²) in [5.41, 5.74) is 0. The molecule has 0 aromatic heterocycles. The van der Waals surface area contributed by atoms with Gasteiger partial charge < -0.3 is 4.74 Å². The van der Waals surface area contributed by atoms with Crippen LogP contribution in [0.1, 0.15) is 6.42 Å². The van der Waals surface area contributed by atoms with Gasteiger partial charge in [-0.3, -0.25) is 0 Å². The topological polar surface area (TPSA) is 52.9 Å². The van der Waals surface area contributed by atoms with Gasteiger partial charge in [0.05, 0.1) is 25.7 Å². The maximum Gasteiger partial charge on any atom is 0.106 e. The Labute approximate surface area is 48.5 Å². The van der Waals surface area contributed by atoms with Gasteiger partial charge in [-0.05, 0) is 0 Å². The molecule has 0 aliphatic carbocycles. The predicted molar refractivity (Wildman–Crippen MR) is 26.6 cm³/mol. The Hall–Kier alpha value is -0.590. The van der Waals surface area contributed by atoms with Crippen molar-refractivity contribution in [3.05, 3.63) is 0 Å². The summed E-state index contributed by atoms with van der Waals surface area (Å²) in [6, 6.07) is 1.90. The molecule has 8 heavy (non-hydrogen) atoms. The first kappa shape index (κ1) is 7.41. The van der Waals surface area contributed by atoms with Crippen molar-refractivity contribution in [2.24, 2.45) is 0 Å². The summed E-state index contributed by atoms with van der Waals surface area (Å²) < 4.78 is 4.69. The third-order valence-electron chi connectivity index (χ3n) is 0.586. The fraction of sp³-hybridized carbons (Fsp3) is 0.800. The van der Waals surface area contributed by atoms with Crippen molar-refractivity contribution in [2.45, 2.75) is 6.42 Å². The molecule has 0 heterocycles. The number of hydrogen-bond donors (Lipinski definition) is 0. The van der Waals surface area contributed by atoms with Crippen LogP contribution in [0.2, 0.25) is 0 Å². The second-order valence-corrected chi connectivity index (χ2v) is 1.22. The molecule has 0 saturated heterocycles. The van der Waals surface area contributed by atoms with Gasteiger partial charge in [-0.1, -0.05) is 0 Å². The van der Waals surface area contributed by atoms with Crippen molar-refractivity contribution in [1.82, 2.24) is 0 Å². The monoisotopic (exact) mass is 114 g/mol. The molecule has 0 aliphatic heterocycles. The highest BCUT2D eigenvalue weighted by atomic mass is 16.5. The van der Waals surface area contributed by atoms with Gasteiger partial charge in [-0.2, -0.15) is 5.26 Å². The van der Waals surface area contributed by atoms with Crippen LogP contribution >= 0.6 is 0 Å². The predicted octanol–water partition coefficient (Wildman–Crippen LogP) is 0.347. The fourth-order valence-electron chi connectivity index (χ4n) is 0.279. The molecule has 0 rings (SSSR count). The molecular weight excluding hydrogens is 106 g/mol. The lowest BCUT2D eigenvalue weighted by atomic mass is 10.5. The van der Waals surface area contributed by atoms with E-state index in [1.165, 1.54) is 0 Å². The quantitative estimate of drug-likeness (QED) is 0.495. The van der Waals surface area contributed by atoms with E-state index in [1.54, 1.807) is 0 Å². The summed E-state index contributed by atoms with van der Waals surface area (Å²) in [6.07, 6.45) is 0.375. The van der Waals surface area contributed by atoms with Gasteiger partial charge in [0.2, 0.25) is 0 Å². The zero-order valence-corrected chi connectivity index (χ0v) is 4.59. The van der Waals surface area contributed by atoms with E-state index >= 15 is 0 Å². The van der Waals surface area contributed by atoms with Gasteiger partial charge in [0, 0.05) is 0 Å². The average molecular weight is 114 g/mol. The van der Waals surface area contributed by atoms with E-state index in [4.69, 9.17) is 5.26 Å². The maximum atomic E-state index is 9.69. The Bertz CT molecular complexity index is 77.0. The van der Waals surface area contributed by atoms with Crippen LogP contribution in [-0.4, -0.2) is 19.8 Å². The van der Waals surface area contributed by atoms with Crippen molar-refractivity contribution in [2.75, 3.05) is 19.8 Å². The van der Waals surface area contributed by atoms with Crippen molar-refractivity contribution >= 4 is 0 Å². The molecule has 0 saturated carbocycles. The minimum Gasteiger partial charge on any atom is -0.378 e. The molecule has 0 amide bonds. The molecule has 0 N–H and O–H groups in total. The third-order valence-corrected chi connectivity index (χ3v) is 0.586. The molecule has 0 aromatic rings. The van der Waals surface area contributed by atoms with E-state index in [0.717, 1.165) is 0 Å². The van der Waals surface area contributed by atoms with Gasteiger partial charge >= 0.3 is 0 Å². The Morgan fingerprint density at radius 1 is 1.50 bits per heavy atom. The first-order valence-corrected chi connectivity index (χ1v) is 2.44. The lowest BCUT2D eigenvalue weighted by Crippen LogP contribution is -1.98. The van der Waals surface area contributed by atoms with Crippen molar-refractivity contribution in [3.63, 3.8) is 0 Å². The third kappa shape index (κ3) is 5.41. The van der Waals surface area contributed by atoms with E-state index in [2.05, 4.69) is 4.74 Å². The molecule has 3 nitrogen and oxygen atoms in total. The second-order valence-electron chi connectivity index (χ2n) is 1.22. The van der Waals surface area contributed by atoms with Crippen LogP contribution in [-0.2, 0) is 9.84 Å². The van der Waals surface area contributed by atoms with Crippen LogP contribution in [0.5, 0.6) is 0 Å². The first-order chi connectivity index (χ1) is 3.91. The van der Waals surface area contributed by atoms with Crippen molar-refractivity contribution in [1.29, 1.82) is 5.26 Å². The summed E-state index contributed by atoms with van der Waals surface area (Å²) in [7, 11) is 0. The van der Waals surface area contributed by atoms with Crippen LogP contribution < -0.4 is 0 Å². The summed E-state index contributed by atoms with van der Waals surface area (Å²) in [5.74, 6) is 0. The highest BCUT2D eigenvalue weighted by molar-refractivity contribution is 4.66. The van der Waals surface area contributed by atoms with Crippen LogP contribution in [0.15, 0.2) is 0 Å². The molecule has 0 aromatic carbocycles. The SMILES string of the molecule is N#CCCOCC[O]. The van der Waals surface area contributed by atoms with Crippen LogP contribution in [0, 0.1) is 11.3 Å². The Morgan fingerprint density at radius 3 is 2.75 bits per heavy atom. The lowest BCUT2D eigenvalue weighted by Gasteiger charge is -1.92. The lowest BCUT2D eigenvalue weighted by molar-refractivity contribution is 0.0666. The number of nitriles is 1. The van der Waals surface area contributed by atoms with E-state index in [1.807, 2.05) is 6.07 Å². The number of hydrogen-bond acceptors (Lipinski definition) is 2. The van der Waals surface area contributed by atoms with Gasteiger partial charge in [-0.15, -0.1) is 0 Å². The highest BCUT2D eigenvalue weighted by Crippen LogP contribution is 1.77. The summed E-state index contributed by atoms with van der Waals surface area (Å²) in [5, 5.41) is 17.6. The van der Waals surface area contributed by atoms with Crippen LogP contribution in [0.25, 0.3) is 0 Å². The molecule has 3 heteroatoms. The smallest absolute Gasteiger partial charge is 0.106 e. The fourth-order valence-corrected chi connectivity index (χ4v) is 0.279. The normalized spacial score (nSPS) is 8.50. The molecular formula is C5H8NO2. The van der Waals surface area contributed by atoms with Gasteiger partial charge in [-0.25, -0.2) is 5.11 Å². The zero-order valence-electron chi connectivity index (χ0n) is 4.59.